The van der Waals surface area contributed by atoms with Gasteiger partial charge in [-0.3, -0.25) is 4.79 Å². The number of methoxy groups -OCH3 is 1. The van der Waals surface area contributed by atoms with Gasteiger partial charge in [0.2, 0.25) is 0 Å². The second-order valence-electron chi connectivity index (χ2n) is 7.67. The lowest BCUT2D eigenvalue weighted by Crippen LogP contribution is -2.46. The van der Waals surface area contributed by atoms with E-state index in [1.807, 2.05) is 19.1 Å². The van der Waals surface area contributed by atoms with Gasteiger partial charge in [0.25, 0.3) is 18.1 Å². The molecule has 0 bridgehead atoms. The first-order valence-electron chi connectivity index (χ1n) is 10.6. The van der Waals surface area contributed by atoms with E-state index in [-0.39, 0.29) is 23.3 Å². The van der Waals surface area contributed by atoms with Gasteiger partial charge in [0.1, 0.15) is 12.0 Å². The third-order valence-electron chi connectivity index (χ3n) is 5.66. The molecule has 1 fully saturated rings. The Labute approximate surface area is 184 Å². The number of fused-ring (bicyclic) bond motifs is 1. The molecule has 3 heterocycles. The lowest BCUT2D eigenvalue weighted by Gasteiger charge is -2.34. The minimum absolute atomic E-state index is 0.132. The van der Waals surface area contributed by atoms with Crippen LogP contribution in [0.4, 0.5) is 8.78 Å². The van der Waals surface area contributed by atoms with Crippen LogP contribution in [-0.4, -0.2) is 56.7 Å². The number of likely N-dealkylation sites (tertiary alicyclic amines) is 1. The Kier molecular flexibility index (Phi) is 6.48. The SMILES string of the molecule is CCC(Oc1ccccc1OC)C(=O)N1CCCC(c2cc(C(F)F)n3ncnc3n2)C1. The van der Waals surface area contributed by atoms with Crippen molar-refractivity contribution in [2.24, 2.45) is 0 Å². The number of carbonyl (C=O) groups excluding carboxylic acids is 1. The smallest absolute Gasteiger partial charge is 0.280 e. The minimum atomic E-state index is -2.71. The number of nitrogens with zero attached hydrogens (tertiary/aromatic N) is 5. The van der Waals surface area contributed by atoms with Crippen molar-refractivity contribution in [2.75, 3.05) is 20.2 Å². The van der Waals surface area contributed by atoms with Gasteiger partial charge in [-0.05, 0) is 37.5 Å². The summed E-state index contributed by atoms with van der Waals surface area (Å²) in [4.78, 5) is 23.4. The molecular weight excluding hydrogens is 420 g/mol. The summed E-state index contributed by atoms with van der Waals surface area (Å²) < 4.78 is 39.4. The maximum absolute atomic E-state index is 13.5. The van der Waals surface area contributed by atoms with Crippen molar-refractivity contribution >= 4 is 11.7 Å². The van der Waals surface area contributed by atoms with E-state index in [1.165, 1.54) is 12.4 Å². The molecule has 4 rings (SSSR count). The highest BCUT2D eigenvalue weighted by atomic mass is 19.3. The topological polar surface area (TPSA) is 81.9 Å². The van der Waals surface area contributed by atoms with Crippen LogP contribution in [0, 0.1) is 0 Å². The van der Waals surface area contributed by atoms with Crippen LogP contribution in [0.2, 0.25) is 0 Å². The van der Waals surface area contributed by atoms with Crippen LogP contribution in [0.1, 0.15) is 49.9 Å². The third kappa shape index (κ3) is 4.35. The summed E-state index contributed by atoms with van der Waals surface area (Å²) in [6, 6.07) is 8.55. The molecule has 3 aromatic rings. The summed E-state index contributed by atoms with van der Waals surface area (Å²) in [5.74, 6) is 0.883. The lowest BCUT2D eigenvalue weighted by atomic mass is 9.93. The number of para-hydroxylation sites is 2. The Morgan fingerprint density at radius 1 is 1.28 bits per heavy atom. The third-order valence-corrected chi connectivity index (χ3v) is 5.66. The summed E-state index contributed by atoms with van der Waals surface area (Å²) in [5, 5.41) is 3.83. The highest BCUT2D eigenvalue weighted by Crippen LogP contribution is 2.31. The van der Waals surface area contributed by atoms with Gasteiger partial charge in [-0.15, -0.1) is 0 Å². The van der Waals surface area contributed by atoms with Gasteiger partial charge in [-0.2, -0.15) is 14.6 Å². The van der Waals surface area contributed by atoms with Crippen LogP contribution < -0.4 is 9.47 Å². The zero-order valence-corrected chi connectivity index (χ0v) is 17.9. The van der Waals surface area contributed by atoms with E-state index in [0.29, 0.717) is 36.7 Å². The van der Waals surface area contributed by atoms with Crippen LogP contribution in [-0.2, 0) is 4.79 Å². The summed E-state index contributed by atoms with van der Waals surface area (Å²) in [5.41, 5.74) is 0.244. The van der Waals surface area contributed by atoms with E-state index in [2.05, 4.69) is 15.1 Å². The molecule has 0 saturated carbocycles. The summed E-state index contributed by atoms with van der Waals surface area (Å²) >= 11 is 0. The summed E-state index contributed by atoms with van der Waals surface area (Å²) in [6.45, 7) is 2.84. The molecule has 1 amide bonds. The van der Waals surface area contributed by atoms with Gasteiger partial charge in [0.05, 0.1) is 12.8 Å². The molecule has 170 valence electrons. The standard InChI is InChI=1S/C22H25F2N5O3/c1-3-17(32-19-9-5-4-8-18(19)31-2)21(30)28-10-6-7-14(12-28)15-11-16(20(23)24)29-22(27-15)25-13-26-29/h4-5,8-9,11,13-14,17,20H,3,6-7,10,12H2,1-2H3. The lowest BCUT2D eigenvalue weighted by molar-refractivity contribution is -0.140. The van der Waals surface area contributed by atoms with E-state index >= 15 is 0 Å². The maximum atomic E-state index is 13.5. The first-order valence-corrected chi connectivity index (χ1v) is 10.6. The number of carbonyl (C=O) groups is 1. The number of halogens is 2. The minimum Gasteiger partial charge on any atom is -0.493 e. The quantitative estimate of drug-likeness (QED) is 0.552. The first-order chi connectivity index (χ1) is 15.5. The van der Waals surface area contributed by atoms with Crippen LogP contribution in [0.3, 0.4) is 0 Å². The van der Waals surface area contributed by atoms with Crippen LogP contribution in [0.25, 0.3) is 5.78 Å². The molecule has 10 heteroatoms. The Bertz CT molecular complexity index is 1090. The van der Waals surface area contributed by atoms with Gasteiger partial charge >= 0.3 is 0 Å². The molecule has 1 aliphatic heterocycles. The highest BCUT2D eigenvalue weighted by molar-refractivity contribution is 5.81. The highest BCUT2D eigenvalue weighted by Gasteiger charge is 2.32. The van der Waals surface area contributed by atoms with Crippen molar-refractivity contribution in [1.82, 2.24) is 24.5 Å². The van der Waals surface area contributed by atoms with Crippen LogP contribution >= 0.6 is 0 Å². The summed E-state index contributed by atoms with van der Waals surface area (Å²) in [7, 11) is 1.55. The van der Waals surface area contributed by atoms with Gasteiger partial charge in [0, 0.05) is 19.0 Å². The van der Waals surface area contributed by atoms with Crippen LogP contribution in [0.5, 0.6) is 11.5 Å². The van der Waals surface area contributed by atoms with Crippen molar-refractivity contribution in [1.29, 1.82) is 0 Å². The van der Waals surface area contributed by atoms with E-state index in [4.69, 9.17) is 9.47 Å². The number of benzene rings is 1. The molecular formula is C22H25F2N5O3. The van der Waals surface area contributed by atoms with Crippen molar-refractivity contribution in [3.05, 3.63) is 48.0 Å². The fourth-order valence-corrected chi connectivity index (χ4v) is 4.02. The fourth-order valence-electron chi connectivity index (χ4n) is 4.02. The number of amides is 1. The molecule has 0 N–H and O–H groups in total. The monoisotopic (exact) mass is 445 g/mol. The molecule has 2 unspecified atom stereocenters. The molecule has 8 nitrogen and oxygen atoms in total. The molecule has 0 aliphatic carbocycles. The first kappa shape index (κ1) is 21.9. The molecule has 1 aliphatic rings. The van der Waals surface area contributed by atoms with E-state index < -0.39 is 12.5 Å². The zero-order valence-electron chi connectivity index (χ0n) is 17.9. The zero-order chi connectivity index (χ0) is 22.7. The normalized spacial score (nSPS) is 17.5. The second kappa shape index (κ2) is 9.46. The Morgan fingerprint density at radius 2 is 2.06 bits per heavy atom. The van der Waals surface area contributed by atoms with Crippen molar-refractivity contribution in [2.45, 2.75) is 44.6 Å². The average molecular weight is 445 g/mol. The predicted octanol–water partition coefficient (Wildman–Crippen LogP) is 3.63. The Balaban J connectivity index is 1.53. The van der Waals surface area contributed by atoms with Crippen molar-refractivity contribution in [3.63, 3.8) is 0 Å². The van der Waals surface area contributed by atoms with Crippen molar-refractivity contribution < 1.29 is 23.0 Å². The van der Waals surface area contributed by atoms with E-state index in [1.54, 1.807) is 24.1 Å². The van der Waals surface area contributed by atoms with Gasteiger partial charge < -0.3 is 14.4 Å². The number of aromatic nitrogens is 4. The van der Waals surface area contributed by atoms with Gasteiger partial charge in [0.15, 0.2) is 17.6 Å². The number of rotatable bonds is 7. The average Bonchev–Trinajstić information content (AvgIpc) is 3.30. The number of piperidine rings is 1. The van der Waals surface area contributed by atoms with Gasteiger partial charge in [-0.1, -0.05) is 19.1 Å². The van der Waals surface area contributed by atoms with E-state index in [0.717, 1.165) is 17.4 Å². The molecule has 1 aromatic carbocycles. The maximum Gasteiger partial charge on any atom is 0.280 e. The second-order valence-corrected chi connectivity index (χ2v) is 7.67. The fraction of sp³-hybridized carbons (Fsp3) is 0.455. The number of hydrogen-bond acceptors (Lipinski definition) is 6. The molecule has 1 saturated heterocycles. The van der Waals surface area contributed by atoms with Gasteiger partial charge in [-0.25, -0.2) is 13.8 Å². The number of hydrogen-bond donors (Lipinski definition) is 0. The number of ether oxygens (including phenoxy) is 2. The van der Waals surface area contributed by atoms with Crippen molar-refractivity contribution in [3.8, 4) is 11.5 Å². The van der Waals surface area contributed by atoms with E-state index in [9.17, 15) is 13.6 Å². The molecule has 2 aromatic heterocycles. The number of alkyl halides is 2. The predicted molar refractivity (Wildman–Crippen MR) is 112 cm³/mol. The Hall–Kier alpha value is -3.30. The molecule has 0 spiro atoms. The van der Waals surface area contributed by atoms with Crippen LogP contribution in [0.15, 0.2) is 36.7 Å². The largest absolute Gasteiger partial charge is 0.493 e. The Morgan fingerprint density at radius 3 is 2.78 bits per heavy atom. The molecule has 0 radical (unpaired) electrons. The molecule has 32 heavy (non-hydrogen) atoms. The summed E-state index contributed by atoms with van der Waals surface area (Å²) in [6.07, 6.45) is -0.207. The molecule has 2 atom stereocenters.